The SMILES string of the molecule is COc1cc2c(cc1C(F)(F)F)NC(=O)C=C(c1cccc(-c3cc(C)no3)c1)N2. The van der Waals surface area contributed by atoms with Crippen molar-refractivity contribution < 1.29 is 27.2 Å². The molecule has 0 unspecified atom stereocenters. The van der Waals surface area contributed by atoms with Gasteiger partial charge in [0.2, 0.25) is 0 Å². The van der Waals surface area contributed by atoms with E-state index < -0.39 is 17.6 Å². The van der Waals surface area contributed by atoms with Crippen molar-refractivity contribution in [2.45, 2.75) is 13.1 Å². The second kappa shape index (κ2) is 7.25. The number of rotatable bonds is 3. The van der Waals surface area contributed by atoms with E-state index in [1.807, 2.05) is 6.07 Å². The normalized spacial score (nSPS) is 13.6. The summed E-state index contributed by atoms with van der Waals surface area (Å²) in [6, 6.07) is 11.0. The number of anilines is 2. The second-order valence-electron chi connectivity index (χ2n) is 6.68. The molecule has 9 heteroatoms. The van der Waals surface area contributed by atoms with Gasteiger partial charge >= 0.3 is 6.18 Å². The molecule has 2 heterocycles. The van der Waals surface area contributed by atoms with E-state index in [9.17, 15) is 18.0 Å². The van der Waals surface area contributed by atoms with E-state index in [-0.39, 0.29) is 17.1 Å². The smallest absolute Gasteiger partial charge is 0.420 e. The highest BCUT2D eigenvalue weighted by Gasteiger charge is 2.36. The maximum Gasteiger partial charge on any atom is 0.420 e. The van der Waals surface area contributed by atoms with Crippen LogP contribution in [0.5, 0.6) is 5.75 Å². The average molecular weight is 415 g/mol. The highest BCUT2D eigenvalue weighted by molar-refractivity contribution is 6.10. The fraction of sp³-hybridized carbons (Fsp3) is 0.143. The van der Waals surface area contributed by atoms with E-state index in [0.29, 0.717) is 17.0 Å². The van der Waals surface area contributed by atoms with Crippen LogP contribution in [-0.4, -0.2) is 18.2 Å². The first-order valence-electron chi connectivity index (χ1n) is 8.87. The predicted molar refractivity (Wildman–Crippen MR) is 105 cm³/mol. The monoisotopic (exact) mass is 415 g/mol. The molecule has 3 aromatic rings. The van der Waals surface area contributed by atoms with Gasteiger partial charge < -0.3 is 19.9 Å². The lowest BCUT2D eigenvalue weighted by molar-refractivity contribution is -0.138. The van der Waals surface area contributed by atoms with Crippen molar-refractivity contribution in [3.63, 3.8) is 0 Å². The minimum absolute atomic E-state index is 0.00129. The lowest BCUT2D eigenvalue weighted by Crippen LogP contribution is -2.11. The van der Waals surface area contributed by atoms with Crippen molar-refractivity contribution in [1.82, 2.24) is 5.16 Å². The summed E-state index contributed by atoms with van der Waals surface area (Å²) in [5.41, 5.74) is 1.82. The Labute approximate surface area is 169 Å². The number of fused-ring (bicyclic) bond motifs is 1. The van der Waals surface area contributed by atoms with Crippen molar-refractivity contribution in [3.8, 4) is 17.1 Å². The molecular weight excluding hydrogens is 399 g/mol. The van der Waals surface area contributed by atoms with E-state index in [0.717, 1.165) is 24.4 Å². The number of aromatic nitrogens is 1. The van der Waals surface area contributed by atoms with Gasteiger partial charge in [-0.15, -0.1) is 0 Å². The number of hydrogen-bond donors (Lipinski definition) is 2. The Morgan fingerprint density at radius 1 is 1.03 bits per heavy atom. The fourth-order valence-electron chi connectivity index (χ4n) is 3.15. The van der Waals surface area contributed by atoms with E-state index in [1.54, 1.807) is 31.2 Å². The maximum absolute atomic E-state index is 13.3. The van der Waals surface area contributed by atoms with Crippen LogP contribution in [0.1, 0.15) is 16.8 Å². The third-order valence-corrected chi connectivity index (χ3v) is 4.53. The van der Waals surface area contributed by atoms with Crippen LogP contribution in [0.2, 0.25) is 0 Å². The van der Waals surface area contributed by atoms with Gasteiger partial charge in [0, 0.05) is 23.8 Å². The van der Waals surface area contributed by atoms with Gasteiger partial charge in [0.1, 0.15) is 5.75 Å². The lowest BCUT2D eigenvalue weighted by Gasteiger charge is -2.17. The molecule has 1 amide bonds. The highest BCUT2D eigenvalue weighted by Crippen LogP contribution is 2.42. The quantitative estimate of drug-likeness (QED) is 0.624. The molecule has 0 spiro atoms. The standard InChI is InChI=1S/C21H16F3N3O3/c1-11-6-18(30-27-11)13-5-3-4-12(7-13)15-10-20(28)26-16-8-14(21(22,23)24)19(29-2)9-17(16)25-15/h3-10,25H,1-2H3,(H,26,28). The number of halogens is 3. The van der Waals surface area contributed by atoms with Crippen LogP contribution < -0.4 is 15.4 Å². The van der Waals surface area contributed by atoms with Crippen LogP contribution in [-0.2, 0) is 11.0 Å². The van der Waals surface area contributed by atoms with E-state index in [4.69, 9.17) is 9.26 Å². The summed E-state index contributed by atoms with van der Waals surface area (Å²) < 4.78 is 50.1. The van der Waals surface area contributed by atoms with E-state index in [2.05, 4.69) is 15.8 Å². The Hall–Kier alpha value is -3.75. The van der Waals surface area contributed by atoms with Gasteiger partial charge in [0.05, 0.1) is 35.4 Å². The topological polar surface area (TPSA) is 76.4 Å². The maximum atomic E-state index is 13.3. The predicted octanol–water partition coefficient (Wildman–Crippen LogP) is 5.08. The molecule has 0 atom stereocenters. The molecule has 1 aliphatic rings. The summed E-state index contributed by atoms with van der Waals surface area (Å²) in [5.74, 6) is -0.351. The number of amides is 1. The molecule has 1 aromatic heterocycles. The number of hydrogen-bond acceptors (Lipinski definition) is 5. The third kappa shape index (κ3) is 3.73. The molecule has 30 heavy (non-hydrogen) atoms. The van der Waals surface area contributed by atoms with E-state index >= 15 is 0 Å². The Bertz CT molecular complexity index is 1170. The van der Waals surface area contributed by atoms with Gasteiger partial charge in [-0.3, -0.25) is 4.79 Å². The minimum atomic E-state index is -4.63. The lowest BCUT2D eigenvalue weighted by atomic mass is 10.1. The van der Waals surface area contributed by atoms with Gasteiger partial charge in [0.15, 0.2) is 5.76 Å². The number of nitrogens with zero attached hydrogens (tertiary/aromatic N) is 1. The van der Waals surface area contributed by atoms with Crippen LogP contribution >= 0.6 is 0 Å². The number of nitrogens with one attached hydrogen (secondary N) is 2. The highest BCUT2D eigenvalue weighted by atomic mass is 19.4. The molecule has 6 nitrogen and oxygen atoms in total. The summed E-state index contributed by atoms with van der Waals surface area (Å²) in [5, 5.41) is 9.37. The third-order valence-electron chi connectivity index (χ3n) is 4.53. The van der Waals surface area contributed by atoms with Gasteiger partial charge in [-0.1, -0.05) is 23.4 Å². The second-order valence-corrected chi connectivity index (χ2v) is 6.68. The molecule has 0 fully saturated rings. The molecule has 0 bridgehead atoms. The van der Waals surface area contributed by atoms with Crippen LogP contribution in [0.4, 0.5) is 24.5 Å². The molecule has 154 valence electrons. The van der Waals surface area contributed by atoms with Crippen molar-refractivity contribution in [2.24, 2.45) is 0 Å². The van der Waals surface area contributed by atoms with Crippen LogP contribution in [0, 0.1) is 6.92 Å². The minimum Gasteiger partial charge on any atom is -0.496 e. The Kier molecular flexibility index (Phi) is 4.73. The molecule has 2 aromatic carbocycles. The average Bonchev–Trinajstić information content (AvgIpc) is 3.06. The molecule has 0 radical (unpaired) electrons. The first-order valence-corrected chi connectivity index (χ1v) is 8.87. The van der Waals surface area contributed by atoms with Crippen LogP contribution in [0.3, 0.4) is 0 Å². The van der Waals surface area contributed by atoms with E-state index in [1.165, 1.54) is 12.1 Å². The van der Waals surface area contributed by atoms with Crippen molar-refractivity contribution in [2.75, 3.05) is 17.7 Å². The van der Waals surface area contributed by atoms with Crippen molar-refractivity contribution >= 4 is 23.0 Å². The van der Waals surface area contributed by atoms with Crippen LogP contribution in [0.15, 0.2) is 53.1 Å². The zero-order chi connectivity index (χ0) is 21.5. The number of benzene rings is 2. The Morgan fingerprint density at radius 3 is 2.43 bits per heavy atom. The number of aryl methyl sites for hydroxylation is 1. The largest absolute Gasteiger partial charge is 0.496 e. The number of alkyl halides is 3. The van der Waals surface area contributed by atoms with Crippen molar-refractivity contribution in [3.05, 3.63) is 65.4 Å². The molecule has 0 aliphatic carbocycles. The van der Waals surface area contributed by atoms with Gasteiger partial charge in [-0.05, 0) is 24.6 Å². The van der Waals surface area contributed by atoms with Gasteiger partial charge in [0.25, 0.3) is 5.91 Å². The molecule has 2 N–H and O–H groups in total. The number of carbonyl (C=O) groups excluding carboxylic acids is 1. The first kappa shape index (κ1) is 19.6. The zero-order valence-electron chi connectivity index (χ0n) is 15.9. The first-order chi connectivity index (χ1) is 14.2. The summed E-state index contributed by atoms with van der Waals surface area (Å²) in [7, 11) is 1.16. The Balaban J connectivity index is 1.75. The summed E-state index contributed by atoms with van der Waals surface area (Å²) in [4.78, 5) is 12.3. The molecule has 4 rings (SSSR count). The van der Waals surface area contributed by atoms with Crippen molar-refractivity contribution in [1.29, 1.82) is 0 Å². The molecule has 0 saturated carbocycles. The fourth-order valence-corrected chi connectivity index (χ4v) is 3.15. The number of methoxy groups -OCH3 is 1. The summed E-state index contributed by atoms with van der Waals surface area (Å²) in [6.07, 6.45) is -3.35. The molecular formula is C21H16F3N3O3. The zero-order valence-corrected chi connectivity index (χ0v) is 15.9. The number of carbonyl (C=O) groups is 1. The molecule has 1 aliphatic heterocycles. The van der Waals surface area contributed by atoms with Crippen LogP contribution in [0.25, 0.3) is 17.0 Å². The summed E-state index contributed by atoms with van der Waals surface area (Å²) >= 11 is 0. The molecule has 0 saturated heterocycles. The van der Waals surface area contributed by atoms with Gasteiger partial charge in [-0.2, -0.15) is 13.2 Å². The summed E-state index contributed by atoms with van der Waals surface area (Å²) in [6.45, 7) is 1.80. The Morgan fingerprint density at radius 2 is 1.77 bits per heavy atom. The van der Waals surface area contributed by atoms with Gasteiger partial charge in [-0.25, -0.2) is 0 Å². The number of ether oxygens (including phenoxy) is 1.